The Morgan fingerprint density at radius 2 is 1.23 bits per heavy atom. The summed E-state index contributed by atoms with van der Waals surface area (Å²) in [5.74, 6) is 0.713. The highest BCUT2D eigenvalue weighted by Gasteiger charge is 2.34. The molecule has 3 aliphatic carbocycles. The molecule has 0 bridgehead atoms. The van der Waals surface area contributed by atoms with Gasteiger partial charge in [-0.2, -0.15) is 0 Å². The van der Waals surface area contributed by atoms with Crippen molar-refractivity contribution in [1.82, 2.24) is 0 Å². The summed E-state index contributed by atoms with van der Waals surface area (Å²) in [6.07, 6.45) is 21.1. The van der Waals surface area contributed by atoms with E-state index in [1.54, 1.807) is 12.1 Å². The minimum atomic E-state index is -0.901. The Balaban J connectivity index is 1.07. The van der Waals surface area contributed by atoms with Crippen LogP contribution in [-0.4, -0.2) is 0 Å². The number of rotatable bonds is 12. The lowest BCUT2D eigenvalue weighted by atomic mass is 9.76. The zero-order valence-corrected chi connectivity index (χ0v) is 26.6. The molecule has 3 aliphatic rings. The molecule has 2 saturated carbocycles. The second kappa shape index (κ2) is 14.1. The van der Waals surface area contributed by atoms with E-state index in [2.05, 4.69) is 25.6 Å². The Morgan fingerprint density at radius 3 is 1.89 bits per heavy atom. The summed E-state index contributed by atoms with van der Waals surface area (Å²) < 4.78 is 46.5. The van der Waals surface area contributed by atoms with Crippen LogP contribution in [0, 0.1) is 41.1 Å². The van der Waals surface area contributed by atoms with Crippen LogP contribution in [0.2, 0.25) is 0 Å². The molecule has 0 spiro atoms. The lowest BCUT2D eigenvalue weighted by Crippen LogP contribution is -2.15. The lowest BCUT2D eigenvalue weighted by molar-refractivity contribution is 0.249. The molecule has 6 rings (SSSR count). The normalized spacial score (nSPS) is 22.6. The van der Waals surface area contributed by atoms with E-state index < -0.39 is 17.5 Å². The standard InChI is InChI=1S/C41H49F3/c1-3-5-6-7-28-12-14-29(15-13-28)16-17-31-18-21-32(22-19-31)34-24-25-35-36-26-33(23-20-30-10-8-27(4-2)9-11-30)39(42)41(44)38(36)37(35)40(34)43/h4,18-19,21-22,24-30H,2-3,5-17,20,23H2,1H3. The van der Waals surface area contributed by atoms with Gasteiger partial charge in [0.25, 0.3) is 0 Å². The SMILES string of the molecule is C=CC1CCC(CCc2cc3c(c(F)c2F)-c2c-3ccc(-c3ccc(CCC4CCC(CCCCC)CC4)cc3)c2F)CC1. The maximum absolute atomic E-state index is 15.9. The Morgan fingerprint density at radius 1 is 0.636 bits per heavy atom. The van der Waals surface area contributed by atoms with Crippen molar-refractivity contribution in [3.05, 3.63) is 83.7 Å². The maximum atomic E-state index is 15.9. The average Bonchev–Trinajstić information content (AvgIpc) is 3.05. The van der Waals surface area contributed by atoms with Crippen LogP contribution in [0.4, 0.5) is 13.2 Å². The first-order valence-electron chi connectivity index (χ1n) is 17.5. The maximum Gasteiger partial charge on any atom is 0.167 e. The molecule has 44 heavy (non-hydrogen) atoms. The Hall–Kier alpha value is -2.81. The zero-order chi connectivity index (χ0) is 30.6. The van der Waals surface area contributed by atoms with Crippen LogP contribution in [0.1, 0.15) is 108 Å². The van der Waals surface area contributed by atoms with Crippen molar-refractivity contribution < 1.29 is 13.2 Å². The van der Waals surface area contributed by atoms with Crippen molar-refractivity contribution in [3.63, 3.8) is 0 Å². The van der Waals surface area contributed by atoms with Crippen molar-refractivity contribution in [2.24, 2.45) is 23.7 Å². The number of halogens is 3. The summed E-state index contributed by atoms with van der Waals surface area (Å²) in [6.45, 7) is 6.19. The molecule has 0 heterocycles. The summed E-state index contributed by atoms with van der Waals surface area (Å²) in [7, 11) is 0. The summed E-state index contributed by atoms with van der Waals surface area (Å²) in [6, 6.07) is 13.6. The topological polar surface area (TPSA) is 0 Å². The molecule has 0 saturated heterocycles. The lowest BCUT2D eigenvalue weighted by Gasteiger charge is -2.29. The van der Waals surface area contributed by atoms with Crippen LogP contribution >= 0.6 is 0 Å². The number of unbranched alkanes of at least 4 members (excludes halogenated alkanes) is 2. The van der Waals surface area contributed by atoms with Crippen LogP contribution in [0.5, 0.6) is 0 Å². The van der Waals surface area contributed by atoms with Crippen molar-refractivity contribution >= 4 is 0 Å². The van der Waals surface area contributed by atoms with Gasteiger partial charge in [0.15, 0.2) is 11.6 Å². The van der Waals surface area contributed by atoms with Crippen molar-refractivity contribution in [3.8, 4) is 33.4 Å². The predicted molar refractivity (Wildman–Crippen MR) is 178 cm³/mol. The summed E-state index contributed by atoms with van der Waals surface area (Å²) in [5.41, 5.74) is 4.56. The van der Waals surface area contributed by atoms with Gasteiger partial charge < -0.3 is 0 Å². The average molecular weight is 599 g/mol. The molecule has 0 aliphatic heterocycles. The van der Waals surface area contributed by atoms with E-state index in [0.29, 0.717) is 40.5 Å². The van der Waals surface area contributed by atoms with Crippen LogP contribution in [0.25, 0.3) is 33.4 Å². The minimum Gasteiger partial charge on any atom is -0.206 e. The van der Waals surface area contributed by atoms with Crippen LogP contribution in [-0.2, 0) is 12.8 Å². The third-order valence-electron chi connectivity index (χ3n) is 11.3. The molecule has 3 aromatic carbocycles. The number of allylic oxidation sites excluding steroid dienone is 1. The van der Waals surface area contributed by atoms with Crippen molar-refractivity contribution in [2.75, 3.05) is 0 Å². The number of hydrogen-bond donors (Lipinski definition) is 0. The predicted octanol–water partition coefficient (Wildman–Crippen LogP) is 12.7. The molecule has 0 atom stereocenters. The molecule has 3 heteroatoms. The molecular formula is C41H49F3. The molecule has 3 aromatic rings. The second-order valence-corrected chi connectivity index (χ2v) is 14.1. The number of aryl methyl sites for hydroxylation is 2. The minimum absolute atomic E-state index is 0.101. The van der Waals surface area contributed by atoms with E-state index in [9.17, 15) is 0 Å². The van der Waals surface area contributed by atoms with Gasteiger partial charge in [0.05, 0.1) is 0 Å². The first-order valence-corrected chi connectivity index (χ1v) is 17.5. The monoisotopic (exact) mass is 598 g/mol. The first kappa shape index (κ1) is 31.2. The van der Waals surface area contributed by atoms with Gasteiger partial charge in [-0.1, -0.05) is 101 Å². The number of fused-ring (bicyclic) bond motifs is 4. The van der Waals surface area contributed by atoms with E-state index in [1.165, 1.54) is 63.4 Å². The first-order chi connectivity index (χ1) is 21.5. The fourth-order valence-electron chi connectivity index (χ4n) is 8.31. The van der Waals surface area contributed by atoms with E-state index in [0.717, 1.165) is 55.9 Å². The van der Waals surface area contributed by atoms with Crippen molar-refractivity contribution in [1.29, 1.82) is 0 Å². The smallest absolute Gasteiger partial charge is 0.167 e. The molecule has 0 amide bonds. The highest BCUT2D eigenvalue weighted by atomic mass is 19.2. The number of hydrogen-bond acceptors (Lipinski definition) is 0. The third kappa shape index (κ3) is 6.58. The molecule has 0 radical (unpaired) electrons. The van der Waals surface area contributed by atoms with Gasteiger partial charge in [-0.05, 0) is 109 Å². The second-order valence-electron chi connectivity index (χ2n) is 14.1. The fourth-order valence-corrected chi connectivity index (χ4v) is 8.31. The van der Waals surface area contributed by atoms with Crippen LogP contribution in [0.3, 0.4) is 0 Å². The Kier molecular flexibility index (Phi) is 9.99. The largest absolute Gasteiger partial charge is 0.206 e. The Labute approximate surface area is 263 Å². The molecule has 0 aromatic heterocycles. The van der Waals surface area contributed by atoms with Gasteiger partial charge in [0.2, 0.25) is 0 Å². The van der Waals surface area contributed by atoms with Gasteiger partial charge in [-0.3, -0.25) is 0 Å². The van der Waals surface area contributed by atoms with Gasteiger partial charge in [0, 0.05) is 16.7 Å². The highest BCUT2D eigenvalue weighted by Crippen LogP contribution is 2.53. The highest BCUT2D eigenvalue weighted by molar-refractivity contribution is 6.04. The van der Waals surface area contributed by atoms with E-state index in [1.807, 2.05) is 24.3 Å². The van der Waals surface area contributed by atoms with Crippen molar-refractivity contribution in [2.45, 2.75) is 110 Å². The van der Waals surface area contributed by atoms with Crippen LogP contribution in [0.15, 0.2) is 55.1 Å². The Bertz CT molecular complexity index is 1440. The van der Waals surface area contributed by atoms with E-state index in [-0.39, 0.29) is 11.1 Å². The quantitative estimate of drug-likeness (QED) is 0.112. The summed E-state index contributed by atoms with van der Waals surface area (Å²) >= 11 is 0. The third-order valence-corrected chi connectivity index (χ3v) is 11.3. The number of benzene rings is 3. The van der Waals surface area contributed by atoms with Crippen LogP contribution < -0.4 is 0 Å². The molecule has 2 fully saturated rings. The molecular weight excluding hydrogens is 549 g/mol. The molecule has 0 unspecified atom stereocenters. The molecule has 0 nitrogen and oxygen atoms in total. The van der Waals surface area contributed by atoms with Gasteiger partial charge in [0.1, 0.15) is 5.82 Å². The molecule has 234 valence electrons. The zero-order valence-electron chi connectivity index (χ0n) is 26.6. The molecule has 0 N–H and O–H groups in total. The van der Waals surface area contributed by atoms with E-state index >= 15 is 13.2 Å². The fraction of sp³-hybridized carbons (Fsp3) is 0.512. The summed E-state index contributed by atoms with van der Waals surface area (Å²) in [5, 5.41) is 0. The van der Waals surface area contributed by atoms with Gasteiger partial charge in [-0.15, -0.1) is 6.58 Å². The van der Waals surface area contributed by atoms with Gasteiger partial charge in [-0.25, -0.2) is 13.2 Å². The summed E-state index contributed by atoms with van der Waals surface area (Å²) in [4.78, 5) is 0. The van der Waals surface area contributed by atoms with E-state index in [4.69, 9.17) is 0 Å². The van der Waals surface area contributed by atoms with Gasteiger partial charge >= 0.3 is 0 Å².